The molecule has 0 radical (unpaired) electrons. The molecule has 3 N–H and O–H groups in total. The van der Waals surface area contributed by atoms with Gasteiger partial charge in [0.2, 0.25) is 10.0 Å². The standard InChI is InChI=1S/C19H32N4O2S.HI/c1-15-5-4-6-16(13-15)11-12-22-19(20-2)23-14-17-7-9-18(10-8-17)26(24,25)21-3;/h7-10,15-16,21H,4-6,11-14H2,1-3H3,(H2,20,22,23);1H. The number of sulfonamides is 1. The first-order valence-corrected chi connectivity index (χ1v) is 10.9. The number of hydrogen-bond donors (Lipinski definition) is 3. The van der Waals surface area contributed by atoms with Crippen LogP contribution in [0.15, 0.2) is 34.2 Å². The van der Waals surface area contributed by atoms with Crippen molar-refractivity contribution < 1.29 is 8.42 Å². The lowest BCUT2D eigenvalue weighted by molar-refractivity contribution is 0.270. The van der Waals surface area contributed by atoms with Crippen molar-refractivity contribution in [2.45, 2.75) is 50.5 Å². The maximum absolute atomic E-state index is 11.7. The van der Waals surface area contributed by atoms with E-state index >= 15 is 0 Å². The number of hydrogen-bond acceptors (Lipinski definition) is 3. The summed E-state index contributed by atoms with van der Waals surface area (Å²) in [6.07, 6.45) is 6.61. The molecule has 1 aliphatic rings. The predicted molar refractivity (Wildman–Crippen MR) is 122 cm³/mol. The van der Waals surface area contributed by atoms with Crippen LogP contribution in [0.3, 0.4) is 0 Å². The van der Waals surface area contributed by atoms with E-state index in [9.17, 15) is 8.42 Å². The Morgan fingerprint density at radius 3 is 2.48 bits per heavy atom. The molecule has 154 valence electrons. The molecule has 27 heavy (non-hydrogen) atoms. The molecular weight excluding hydrogens is 475 g/mol. The van der Waals surface area contributed by atoms with Crippen molar-refractivity contribution in [2.75, 3.05) is 20.6 Å². The van der Waals surface area contributed by atoms with Crippen molar-refractivity contribution >= 4 is 40.0 Å². The van der Waals surface area contributed by atoms with Gasteiger partial charge in [0, 0.05) is 20.1 Å². The summed E-state index contributed by atoms with van der Waals surface area (Å²) in [6, 6.07) is 6.86. The molecule has 0 aliphatic heterocycles. The highest BCUT2D eigenvalue weighted by Gasteiger charge is 2.18. The van der Waals surface area contributed by atoms with Gasteiger partial charge in [-0.1, -0.05) is 38.3 Å². The maximum Gasteiger partial charge on any atom is 0.240 e. The maximum atomic E-state index is 11.7. The minimum absolute atomic E-state index is 0. The third-order valence-corrected chi connectivity index (χ3v) is 6.51. The number of nitrogens with zero attached hydrogens (tertiary/aromatic N) is 1. The summed E-state index contributed by atoms with van der Waals surface area (Å²) < 4.78 is 25.8. The van der Waals surface area contributed by atoms with Gasteiger partial charge in [-0.25, -0.2) is 13.1 Å². The smallest absolute Gasteiger partial charge is 0.240 e. The van der Waals surface area contributed by atoms with Crippen LogP contribution in [-0.4, -0.2) is 35.0 Å². The Kier molecular flexibility index (Phi) is 10.6. The Bertz CT molecular complexity index is 692. The summed E-state index contributed by atoms with van der Waals surface area (Å²) in [5, 5.41) is 6.66. The normalized spacial score (nSPS) is 20.6. The summed E-state index contributed by atoms with van der Waals surface area (Å²) >= 11 is 0. The fourth-order valence-electron chi connectivity index (χ4n) is 3.53. The molecule has 6 nitrogen and oxygen atoms in total. The molecule has 1 saturated carbocycles. The van der Waals surface area contributed by atoms with Gasteiger partial charge in [0.15, 0.2) is 5.96 Å². The van der Waals surface area contributed by atoms with Gasteiger partial charge >= 0.3 is 0 Å². The van der Waals surface area contributed by atoms with E-state index in [1.165, 1.54) is 39.2 Å². The van der Waals surface area contributed by atoms with Crippen molar-refractivity contribution in [3.63, 3.8) is 0 Å². The lowest BCUT2D eigenvalue weighted by Crippen LogP contribution is -2.38. The van der Waals surface area contributed by atoms with Crippen molar-refractivity contribution in [1.82, 2.24) is 15.4 Å². The van der Waals surface area contributed by atoms with E-state index in [2.05, 4.69) is 27.3 Å². The average molecular weight is 508 g/mol. The topological polar surface area (TPSA) is 82.6 Å². The van der Waals surface area contributed by atoms with E-state index in [4.69, 9.17) is 0 Å². The number of benzene rings is 1. The van der Waals surface area contributed by atoms with Crippen molar-refractivity contribution in [2.24, 2.45) is 16.8 Å². The van der Waals surface area contributed by atoms with Crippen molar-refractivity contribution in [1.29, 1.82) is 0 Å². The summed E-state index contributed by atoms with van der Waals surface area (Å²) in [6.45, 7) is 3.88. The molecule has 2 unspecified atom stereocenters. The van der Waals surface area contributed by atoms with Crippen LogP contribution in [-0.2, 0) is 16.6 Å². The van der Waals surface area contributed by atoms with Gasteiger partial charge in [0.1, 0.15) is 0 Å². The van der Waals surface area contributed by atoms with Crippen LogP contribution in [0.25, 0.3) is 0 Å². The Morgan fingerprint density at radius 2 is 1.89 bits per heavy atom. The number of aliphatic imine (C=N–C) groups is 1. The van der Waals surface area contributed by atoms with Crippen LogP contribution in [0.2, 0.25) is 0 Å². The van der Waals surface area contributed by atoms with E-state index < -0.39 is 10.0 Å². The second-order valence-corrected chi connectivity index (χ2v) is 9.02. The molecule has 1 aliphatic carbocycles. The molecule has 0 amide bonds. The summed E-state index contributed by atoms with van der Waals surface area (Å²) in [4.78, 5) is 4.53. The summed E-state index contributed by atoms with van der Waals surface area (Å²) in [7, 11) is -0.209. The molecule has 1 fully saturated rings. The first kappa shape index (κ1) is 24.2. The van der Waals surface area contributed by atoms with Crippen LogP contribution in [0.1, 0.15) is 44.6 Å². The first-order valence-electron chi connectivity index (χ1n) is 9.41. The molecule has 0 spiro atoms. The number of rotatable bonds is 7. The molecule has 1 aromatic carbocycles. The second kappa shape index (κ2) is 11.9. The SMILES string of the molecule is CN=C(NCCC1CCCC(C)C1)NCc1ccc(S(=O)(=O)NC)cc1.I. The van der Waals surface area contributed by atoms with Crippen LogP contribution >= 0.6 is 24.0 Å². The van der Waals surface area contributed by atoms with Gasteiger partial charge in [-0.2, -0.15) is 0 Å². The number of guanidine groups is 1. The zero-order valence-electron chi connectivity index (χ0n) is 16.5. The van der Waals surface area contributed by atoms with Gasteiger partial charge in [-0.15, -0.1) is 24.0 Å². The van der Waals surface area contributed by atoms with Crippen molar-refractivity contribution in [3.8, 4) is 0 Å². The highest BCUT2D eigenvalue weighted by Crippen LogP contribution is 2.30. The summed E-state index contributed by atoms with van der Waals surface area (Å²) in [5.74, 6) is 2.47. The Morgan fingerprint density at radius 1 is 1.19 bits per heavy atom. The minimum Gasteiger partial charge on any atom is -0.356 e. The fourth-order valence-corrected chi connectivity index (χ4v) is 4.26. The number of halogens is 1. The molecule has 0 aromatic heterocycles. The molecule has 0 bridgehead atoms. The summed E-state index contributed by atoms with van der Waals surface area (Å²) in [5.41, 5.74) is 1.00. The van der Waals surface area contributed by atoms with Crippen LogP contribution in [0.4, 0.5) is 0 Å². The Balaban J connectivity index is 0.00000364. The molecule has 2 rings (SSSR count). The van der Waals surface area contributed by atoms with Gasteiger partial charge in [0.05, 0.1) is 4.90 Å². The second-order valence-electron chi connectivity index (χ2n) is 7.13. The van der Waals surface area contributed by atoms with E-state index in [-0.39, 0.29) is 28.9 Å². The monoisotopic (exact) mass is 508 g/mol. The van der Waals surface area contributed by atoms with E-state index in [0.29, 0.717) is 6.54 Å². The zero-order chi connectivity index (χ0) is 19.0. The minimum atomic E-state index is -3.38. The van der Waals surface area contributed by atoms with E-state index in [1.807, 2.05) is 12.1 Å². The van der Waals surface area contributed by atoms with Crippen LogP contribution in [0.5, 0.6) is 0 Å². The van der Waals surface area contributed by atoms with Gasteiger partial charge in [0.25, 0.3) is 0 Å². The average Bonchev–Trinajstić information content (AvgIpc) is 2.65. The zero-order valence-corrected chi connectivity index (χ0v) is 19.6. The van der Waals surface area contributed by atoms with E-state index in [1.54, 1.807) is 19.2 Å². The highest BCUT2D eigenvalue weighted by atomic mass is 127. The third-order valence-electron chi connectivity index (χ3n) is 5.08. The molecular formula is C19H33IN4O2S. The molecule has 0 heterocycles. The van der Waals surface area contributed by atoms with Crippen molar-refractivity contribution in [3.05, 3.63) is 29.8 Å². The first-order chi connectivity index (χ1) is 12.4. The van der Waals surface area contributed by atoms with Crippen LogP contribution in [0, 0.1) is 11.8 Å². The third kappa shape index (κ3) is 7.95. The van der Waals surface area contributed by atoms with E-state index in [0.717, 1.165) is 29.9 Å². The fraction of sp³-hybridized carbons (Fsp3) is 0.632. The molecule has 8 heteroatoms. The van der Waals surface area contributed by atoms with Crippen LogP contribution < -0.4 is 15.4 Å². The molecule has 2 atom stereocenters. The molecule has 0 saturated heterocycles. The highest BCUT2D eigenvalue weighted by molar-refractivity contribution is 14.0. The number of nitrogens with one attached hydrogen (secondary N) is 3. The quantitative estimate of drug-likeness (QED) is 0.301. The Labute approximate surface area is 181 Å². The van der Waals surface area contributed by atoms with Gasteiger partial charge in [-0.05, 0) is 49.4 Å². The predicted octanol–water partition coefficient (Wildman–Crippen LogP) is 3.09. The largest absolute Gasteiger partial charge is 0.356 e. The van der Waals surface area contributed by atoms with Gasteiger partial charge < -0.3 is 10.6 Å². The Hall–Kier alpha value is -0.870. The lowest BCUT2D eigenvalue weighted by atomic mass is 9.81. The van der Waals surface area contributed by atoms with Gasteiger partial charge in [-0.3, -0.25) is 4.99 Å². The molecule has 1 aromatic rings. The lowest BCUT2D eigenvalue weighted by Gasteiger charge is -2.26.